The van der Waals surface area contributed by atoms with Crippen LogP contribution in [0.2, 0.25) is 0 Å². The van der Waals surface area contributed by atoms with Gasteiger partial charge in [-0.05, 0) is 59.7 Å². The lowest BCUT2D eigenvalue weighted by atomic mass is 9.99. The number of anilines is 1. The largest absolute Gasteiger partial charge is 0.504 e. The molecule has 10 nitrogen and oxygen atoms in total. The number of hydrogen-bond donors (Lipinski definition) is 2. The zero-order valence-corrected chi connectivity index (χ0v) is 18.3. The summed E-state index contributed by atoms with van der Waals surface area (Å²) in [4.78, 5) is 17.1. The highest BCUT2D eigenvalue weighted by Gasteiger charge is 2.32. The molecule has 0 saturated heterocycles. The zero-order valence-electron chi connectivity index (χ0n) is 18.3. The lowest BCUT2D eigenvalue weighted by Gasteiger charge is -2.12. The van der Waals surface area contributed by atoms with Crippen LogP contribution in [0.5, 0.6) is 0 Å². The molecular weight excluding hydrogens is 472 g/mol. The maximum atomic E-state index is 14.6. The highest BCUT2D eigenvalue weighted by atomic mass is 19.4. The van der Waals surface area contributed by atoms with E-state index >= 15 is 0 Å². The van der Waals surface area contributed by atoms with Gasteiger partial charge in [0.1, 0.15) is 17.3 Å². The second-order valence-corrected chi connectivity index (χ2v) is 7.63. The Bertz CT molecular complexity index is 1380. The van der Waals surface area contributed by atoms with Crippen LogP contribution in [0.15, 0.2) is 42.7 Å². The van der Waals surface area contributed by atoms with Crippen LogP contribution in [0, 0.1) is 12.7 Å². The predicted molar refractivity (Wildman–Crippen MR) is 114 cm³/mol. The van der Waals surface area contributed by atoms with E-state index in [4.69, 9.17) is 0 Å². The first-order valence-electron chi connectivity index (χ1n) is 10.2. The van der Waals surface area contributed by atoms with Crippen molar-refractivity contribution < 1.29 is 27.5 Å². The minimum absolute atomic E-state index is 0.0603. The van der Waals surface area contributed by atoms with Gasteiger partial charge in [-0.2, -0.15) is 9.78 Å². The topological polar surface area (TPSA) is 124 Å². The van der Waals surface area contributed by atoms with Crippen LogP contribution in [-0.4, -0.2) is 52.6 Å². The number of alkyl halides is 3. The van der Waals surface area contributed by atoms with E-state index in [9.17, 15) is 27.5 Å². The number of carbonyl (C=O) groups is 1. The Hall–Kier alpha value is -4.20. The van der Waals surface area contributed by atoms with Crippen molar-refractivity contribution in [3.05, 3.63) is 59.7 Å². The molecule has 0 spiro atoms. The van der Waals surface area contributed by atoms with Crippen LogP contribution in [-0.2, 0) is 6.30 Å². The number of pyridine rings is 1. The van der Waals surface area contributed by atoms with Crippen molar-refractivity contribution in [3.8, 4) is 22.6 Å². The molecule has 0 aliphatic heterocycles. The van der Waals surface area contributed by atoms with E-state index in [0.29, 0.717) is 5.56 Å². The molecule has 3 heterocycles. The summed E-state index contributed by atoms with van der Waals surface area (Å²) in [6.07, 6.45) is -2.97. The van der Waals surface area contributed by atoms with E-state index in [1.54, 1.807) is 19.1 Å². The van der Waals surface area contributed by atoms with Crippen molar-refractivity contribution in [1.29, 1.82) is 0 Å². The second-order valence-electron chi connectivity index (χ2n) is 7.63. The normalized spacial score (nSPS) is 12.5. The summed E-state index contributed by atoms with van der Waals surface area (Å²) in [5.74, 6) is -1.41. The van der Waals surface area contributed by atoms with Gasteiger partial charge < -0.3 is 10.4 Å². The van der Waals surface area contributed by atoms with Crippen molar-refractivity contribution in [2.75, 3.05) is 11.9 Å². The van der Waals surface area contributed by atoms with E-state index < -0.39 is 29.6 Å². The zero-order chi connectivity index (χ0) is 25.3. The van der Waals surface area contributed by atoms with Crippen LogP contribution < -0.4 is 5.32 Å². The molecule has 3 aromatic heterocycles. The highest BCUT2D eigenvalue weighted by molar-refractivity contribution is 6.05. The predicted octanol–water partition coefficient (Wildman–Crippen LogP) is 3.33. The number of halogens is 4. The third-order valence-electron chi connectivity index (χ3n) is 5.11. The van der Waals surface area contributed by atoms with Crippen molar-refractivity contribution in [3.63, 3.8) is 0 Å². The van der Waals surface area contributed by atoms with Gasteiger partial charge >= 0.3 is 6.30 Å². The quantitative estimate of drug-likeness (QED) is 0.398. The lowest BCUT2D eigenvalue weighted by molar-refractivity contribution is -0.212. The number of hydrogen-bond acceptors (Lipinski definition) is 7. The Morgan fingerprint density at radius 3 is 2.71 bits per heavy atom. The maximum absolute atomic E-state index is 14.6. The first-order valence-corrected chi connectivity index (χ1v) is 10.2. The Kier molecular flexibility index (Phi) is 6.30. The average molecular weight is 490 g/mol. The second kappa shape index (κ2) is 9.21. The Morgan fingerprint density at radius 1 is 1.26 bits per heavy atom. The minimum Gasteiger partial charge on any atom is -0.394 e. The number of nitrogens with zero attached hydrogens (tertiary/aromatic N) is 7. The molecule has 1 amide bonds. The third kappa shape index (κ3) is 4.87. The number of aryl methyl sites for hydroxylation is 1. The van der Waals surface area contributed by atoms with E-state index in [0.717, 1.165) is 24.5 Å². The number of benzene rings is 1. The maximum Gasteiger partial charge on any atom is 0.504 e. The fourth-order valence-corrected chi connectivity index (χ4v) is 3.31. The van der Waals surface area contributed by atoms with Gasteiger partial charge in [-0.15, -0.1) is 18.3 Å². The van der Waals surface area contributed by atoms with Crippen molar-refractivity contribution in [1.82, 2.24) is 35.0 Å². The first kappa shape index (κ1) is 23.9. The van der Waals surface area contributed by atoms with Crippen LogP contribution in [0.25, 0.3) is 22.6 Å². The Morgan fingerprint density at radius 2 is 2.03 bits per heavy atom. The Balaban J connectivity index is 1.63. The molecule has 4 aromatic rings. The van der Waals surface area contributed by atoms with Crippen LogP contribution >= 0.6 is 0 Å². The van der Waals surface area contributed by atoms with E-state index in [1.807, 2.05) is 0 Å². The number of aliphatic hydroxyl groups excluding tert-OH is 1. The molecule has 0 aliphatic rings. The number of rotatable bonds is 6. The number of aliphatic hydroxyl groups is 1. The molecule has 2 N–H and O–H groups in total. The van der Waals surface area contributed by atoms with Gasteiger partial charge in [0.05, 0.1) is 24.4 Å². The standard InChI is InChI=1S/C21H18F4N8O2/c1-11-6-16(22)15(7-14(11)13-8-26-32(9-13)21(23,24)25)20(35)28-18-5-3-4-17(27-18)19-29-30-31-33(19)12(2)10-34/h3-9,12,34H,10H2,1-2H3,(H,27,28,35)/t12-/m1/s1. The van der Waals surface area contributed by atoms with Crippen molar-refractivity contribution in [2.24, 2.45) is 0 Å². The number of nitrogens with one attached hydrogen (secondary N) is 1. The van der Waals surface area contributed by atoms with E-state index in [1.165, 1.54) is 17.7 Å². The van der Waals surface area contributed by atoms with E-state index in [2.05, 4.69) is 30.9 Å². The fraction of sp³-hybridized carbons (Fsp3) is 0.238. The van der Waals surface area contributed by atoms with Gasteiger partial charge in [-0.1, -0.05) is 6.07 Å². The monoisotopic (exact) mass is 490 g/mol. The molecule has 0 saturated carbocycles. The van der Waals surface area contributed by atoms with Gasteiger partial charge in [-0.25, -0.2) is 14.1 Å². The summed E-state index contributed by atoms with van der Waals surface area (Å²) in [6, 6.07) is 6.41. The number of carbonyl (C=O) groups excluding carboxylic acids is 1. The summed E-state index contributed by atoms with van der Waals surface area (Å²) in [5.41, 5.74) is 0.504. The average Bonchev–Trinajstić information content (AvgIpc) is 3.49. The van der Waals surface area contributed by atoms with Crippen LogP contribution in [0.1, 0.15) is 28.9 Å². The molecule has 0 unspecified atom stereocenters. The lowest BCUT2D eigenvalue weighted by Crippen LogP contribution is -2.16. The summed E-state index contributed by atoms with van der Waals surface area (Å²) < 4.78 is 54.5. The molecule has 0 aliphatic carbocycles. The molecule has 1 aromatic carbocycles. The molecule has 1 atom stereocenters. The molecule has 0 bridgehead atoms. The third-order valence-corrected chi connectivity index (χ3v) is 5.11. The summed E-state index contributed by atoms with van der Waals surface area (Å²) in [6.45, 7) is 2.99. The summed E-state index contributed by atoms with van der Waals surface area (Å²) in [7, 11) is 0. The fourth-order valence-electron chi connectivity index (χ4n) is 3.31. The van der Waals surface area contributed by atoms with Gasteiger partial charge in [0.15, 0.2) is 0 Å². The molecule has 182 valence electrons. The number of amides is 1. The minimum atomic E-state index is -4.71. The van der Waals surface area contributed by atoms with Gasteiger partial charge in [0.2, 0.25) is 5.82 Å². The van der Waals surface area contributed by atoms with Gasteiger partial charge in [0, 0.05) is 11.8 Å². The van der Waals surface area contributed by atoms with Crippen LogP contribution in [0.3, 0.4) is 0 Å². The van der Waals surface area contributed by atoms with Gasteiger partial charge in [0.25, 0.3) is 5.91 Å². The first-order chi connectivity index (χ1) is 16.6. The highest BCUT2D eigenvalue weighted by Crippen LogP contribution is 2.29. The molecule has 14 heteroatoms. The molecule has 0 fully saturated rings. The number of tetrazole rings is 1. The molecular formula is C21H18F4N8O2. The molecule has 4 rings (SSSR count). The SMILES string of the molecule is Cc1cc(F)c(C(=O)Nc2cccc(-c3nnnn3[C@H](C)CO)n2)cc1-c1cnn(C(F)(F)F)c1. The van der Waals surface area contributed by atoms with Crippen molar-refractivity contribution >= 4 is 11.7 Å². The summed E-state index contributed by atoms with van der Waals surface area (Å²) in [5, 5.41) is 26.4. The molecule has 0 radical (unpaired) electrons. The van der Waals surface area contributed by atoms with E-state index in [-0.39, 0.29) is 39.8 Å². The van der Waals surface area contributed by atoms with Crippen LogP contribution in [0.4, 0.5) is 23.4 Å². The smallest absolute Gasteiger partial charge is 0.394 e. The molecule has 35 heavy (non-hydrogen) atoms. The Labute approximate surface area is 195 Å². The van der Waals surface area contributed by atoms with Crippen molar-refractivity contribution in [2.45, 2.75) is 26.2 Å². The summed E-state index contributed by atoms with van der Waals surface area (Å²) >= 11 is 0. The number of aromatic nitrogens is 7. The van der Waals surface area contributed by atoms with Gasteiger partial charge in [-0.3, -0.25) is 4.79 Å².